The van der Waals surface area contributed by atoms with Gasteiger partial charge in [-0.3, -0.25) is 14.9 Å². The zero-order valence-corrected chi connectivity index (χ0v) is 11.0. The van der Waals surface area contributed by atoms with Crippen molar-refractivity contribution in [3.63, 3.8) is 0 Å². The maximum Gasteiger partial charge on any atom is 0.318 e. The molecule has 0 aromatic carbocycles. The summed E-state index contributed by atoms with van der Waals surface area (Å²) in [5.74, 6) is -1.61. The summed E-state index contributed by atoms with van der Waals surface area (Å²) in [4.78, 5) is 33.1. The van der Waals surface area contributed by atoms with Gasteiger partial charge in [-0.15, -0.1) is 0 Å². The lowest BCUT2D eigenvalue weighted by Crippen LogP contribution is -2.48. The second-order valence-corrected chi connectivity index (χ2v) is 4.97. The van der Waals surface area contributed by atoms with Crippen LogP contribution < -0.4 is 16.4 Å². The summed E-state index contributed by atoms with van der Waals surface area (Å²) in [6, 6.07) is -1.47. The predicted molar refractivity (Wildman–Crippen MR) is 68.3 cm³/mol. The number of aliphatic carboxylic acids is 1. The standard InChI is InChI=1S/C12H21N3O4/c1-7(10(16)15-12(13)19)14-6-8-4-2-3-5-9(8)11(17)18/h7-9,14H,2-6H2,1H3,(H,17,18)(H3,13,15,16,19). The Labute approximate surface area is 111 Å². The van der Waals surface area contributed by atoms with E-state index in [-0.39, 0.29) is 11.8 Å². The quantitative estimate of drug-likeness (QED) is 0.563. The molecule has 0 heterocycles. The first-order valence-electron chi connectivity index (χ1n) is 6.48. The van der Waals surface area contributed by atoms with E-state index in [4.69, 9.17) is 10.8 Å². The van der Waals surface area contributed by atoms with E-state index in [0.717, 1.165) is 19.3 Å². The number of imide groups is 1. The third kappa shape index (κ3) is 4.86. The van der Waals surface area contributed by atoms with Crippen molar-refractivity contribution in [2.45, 2.75) is 38.6 Å². The zero-order valence-electron chi connectivity index (χ0n) is 11.0. The summed E-state index contributed by atoms with van der Waals surface area (Å²) in [6.45, 7) is 2.06. The van der Waals surface area contributed by atoms with Gasteiger partial charge in [0, 0.05) is 0 Å². The third-order valence-corrected chi connectivity index (χ3v) is 3.55. The molecule has 3 amide bonds. The number of carbonyl (C=O) groups excluding carboxylic acids is 2. The first kappa shape index (κ1) is 15.4. The molecule has 0 radical (unpaired) electrons. The van der Waals surface area contributed by atoms with Crippen LogP contribution in [-0.2, 0) is 9.59 Å². The largest absolute Gasteiger partial charge is 0.481 e. The first-order chi connectivity index (χ1) is 8.91. The number of carboxylic acids is 1. The smallest absolute Gasteiger partial charge is 0.318 e. The molecular weight excluding hydrogens is 250 g/mol. The Morgan fingerprint density at radius 1 is 1.32 bits per heavy atom. The van der Waals surface area contributed by atoms with Crippen molar-refractivity contribution >= 4 is 17.9 Å². The summed E-state index contributed by atoms with van der Waals surface area (Å²) in [7, 11) is 0. The van der Waals surface area contributed by atoms with Gasteiger partial charge in [0.25, 0.3) is 0 Å². The van der Waals surface area contributed by atoms with Crippen LogP contribution in [-0.4, -0.2) is 35.6 Å². The summed E-state index contributed by atoms with van der Waals surface area (Å²) < 4.78 is 0. The van der Waals surface area contributed by atoms with Gasteiger partial charge in [0.15, 0.2) is 0 Å². The van der Waals surface area contributed by atoms with Crippen LogP contribution in [0, 0.1) is 11.8 Å². The molecule has 0 saturated heterocycles. The average Bonchev–Trinajstić information content (AvgIpc) is 2.35. The van der Waals surface area contributed by atoms with Crippen LogP contribution in [0.2, 0.25) is 0 Å². The normalized spacial score (nSPS) is 24.5. The van der Waals surface area contributed by atoms with Crippen LogP contribution in [0.3, 0.4) is 0 Å². The van der Waals surface area contributed by atoms with Gasteiger partial charge < -0.3 is 16.2 Å². The van der Waals surface area contributed by atoms with Crippen LogP contribution in [0.5, 0.6) is 0 Å². The van der Waals surface area contributed by atoms with E-state index in [1.54, 1.807) is 6.92 Å². The second kappa shape index (κ2) is 7.08. The number of hydrogen-bond acceptors (Lipinski definition) is 4. The van der Waals surface area contributed by atoms with Crippen molar-refractivity contribution in [1.29, 1.82) is 0 Å². The van der Waals surface area contributed by atoms with Crippen LogP contribution >= 0.6 is 0 Å². The summed E-state index contributed by atoms with van der Waals surface area (Å²) >= 11 is 0. The summed E-state index contributed by atoms with van der Waals surface area (Å²) in [5, 5.41) is 14.1. The Hall–Kier alpha value is -1.63. The van der Waals surface area contributed by atoms with Crippen molar-refractivity contribution in [3.8, 4) is 0 Å². The van der Waals surface area contributed by atoms with Crippen molar-refractivity contribution in [1.82, 2.24) is 10.6 Å². The van der Waals surface area contributed by atoms with Gasteiger partial charge in [0.1, 0.15) is 0 Å². The fourth-order valence-corrected chi connectivity index (χ4v) is 2.43. The lowest BCUT2D eigenvalue weighted by molar-refractivity contribution is -0.144. The highest BCUT2D eigenvalue weighted by Crippen LogP contribution is 2.29. The zero-order chi connectivity index (χ0) is 14.4. The fourth-order valence-electron chi connectivity index (χ4n) is 2.43. The highest BCUT2D eigenvalue weighted by molar-refractivity contribution is 5.96. The number of carboxylic acid groups (broad SMARTS) is 1. The molecule has 0 aromatic heterocycles. The first-order valence-corrected chi connectivity index (χ1v) is 6.48. The summed E-state index contributed by atoms with van der Waals surface area (Å²) in [5.41, 5.74) is 4.86. The van der Waals surface area contributed by atoms with Gasteiger partial charge >= 0.3 is 12.0 Å². The molecule has 19 heavy (non-hydrogen) atoms. The molecule has 3 atom stereocenters. The third-order valence-electron chi connectivity index (χ3n) is 3.55. The van der Waals surface area contributed by atoms with E-state index in [2.05, 4.69) is 5.32 Å². The molecule has 5 N–H and O–H groups in total. The minimum Gasteiger partial charge on any atom is -0.481 e. The molecule has 1 aliphatic carbocycles. The molecule has 3 unspecified atom stereocenters. The van der Waals surface area contributed by atoms with Crippen LogP contribution in [0.1, 0.15) is 32.6 Å². The Morgan fingerprint density at radius 2 is 1.95 bits per heavy atom. The van der Waals surface area contributed by atoms with E-state index >= 15 is 0 Å². The fraction of sp³-hybridized carbons (Fsp3) is 0.750. The number of primary amides is 1. The van der Waals surface area contributed by atoms with E-state index in [1.165, 1.54) is 0 Å². The van der Waals surface area contributed by atoms with E-state index in [0.29, 0.717) is 13.0 Å². The predicted octanol–water partition coefficient (Wildman–Crippen LogP) is 0.0504. The minimum atomic E-state index is -0.889. The number of amides is 3. The number of carbonyl (C=O) groups is 3. The minimum absolute atomic E-state index is 0.0232. The molecule has 0 aliphatic heterocycles. The van der Waals surface area contributed by atoms with Gasteiger partial charge in [0.05, 0.1) is 12.0 Å². The lowest BCUT2D eigenvalue weighted by Gasteiger charge is -2.29. The molecule has 7 nitrogen and oxygen atoms in total. The van der Waals surface area contributed by atoms with E-state index in [9.17, 15) is 14.4 Å². The van der Waals surface area contributed by atoms with Gasteiger partial charge in [-0.05, 0) is 32.2 Å². The van der Waals surface area contributed by atoms with Crippen LogP contribution in [0.15, 0.2) is 0 Å². The van der Waals surface area contributed by atoms with E-state index < -0.39 is 23.9 Å². The maximum absolute atomic E-state index is 11.5. The van der Waals surface area contributed by atoms with Gasteiger partial charge in [-0.2, -0.15) is 0 Å². The lowest BCUT2D eigenvalue weighted by atomic mass is 9.79. The van der Waals surface area contributed by atoms with Crippen molar-refractivity contribution in [2.75, 3.05) is 6.54 Å². The average molecular weight is 271 g/mol. The molecule has 1 rings (SSSR count). The van der Waals surface area contributed by atoms with Gasteiger partial charge in [-0.1, -0.05) is 12.8 Å². The number of urea groups is 1. The Kier molecular flexibility index (Phi) is 5.75. The van der Waals surface area contributed by atoms with Crippen molar-refractivity contribution in [2.24, 2.45) is 17.6 Å². The van der Waals surface area contributed by atoms with Crippen molar-refractivity contribution in [3.05, 3.63) is 0 Å². The van der Waals surface area contributed by atoms with Gasteiger partial charge in [-0.25, -0.2) is 4.79 Å². The molecule has 1 aliphatic rings. The molecular formula is C12H21N3O4. The highest BCUT2D eigenvalue weighted by atomic mass is 16.4. The number of rotatable bonds is 5. The SMILES string of the molecule is CC(NCC1CCCCC1C(=O)O)C(=O)NC(N)=O. The Bertz CT molecular complexity index is 359. The molecule has 0 spiro atoms. The number of hydrogen-bond donors (Lipinski definition) is 4. The molecule has 108 valence electrons. The van der Waals surface area contributed by atoms with Crippen LogP contribution in [0.4, 0.5) is 4.79 Å². The number of nitrogens with one attached hydrogen (secondary N) is 2. The molecule has 0 bridgehead atoms. The molecule has 0 aromatic rings. The monoisotopic (exact) mass is 271 g/mol. The van der Waals surface area contributed by atoms with Gasteiger partial charge in [0.2, 0.25) is 5.91 Å². The molecule has 1 fully saturated rings. The topological polar surface area (TPSA) is 122 Å². The molecule has 7 heteroatoms. The van der Waals surface area contributed by atoms with Crippen molar-refractivity contribution < 1.29 is 19.5 Å². The summed E-state index contributed by atoms with van der Waals surface area (Å²) in [6.07, 6.45) is 3.47. The van der Waals surface area contributed by atoms with E-state index in [1.807, 2.05) is 5.32 Å². The van der Waals surface area contributed by atoms with Crippen LogP contribution in [0.25, 0.3) is 0 Å². The Morgan fingerprint density at radius 3 is 2.53 bits per heavy atom. The maximum atomic E-state index is 11.5. The Balaban J connectivity index is 2.43. The molecule has 1 saturated carbocycles. The second-order valence-electron chi connectivity index (χ2n) is 4.97. The number of nitrogens with two attached hydrogens (primary N) is 1. The highest BCUT2D eigenvalue weighted by Gasteiger charge is 2.31.